The van der Waals surface area contributed by atoms with E-state index in [4.69, 9.17) is 9.47 Å². The lowest BCUT2D eigenvalue weighted by Gasteiger charge is -2.16. The average Bonchev–Trinajstić information content (AvgIpc) is 2.69. The molecule has 0 aromatic heterocycles. The smallest absolute Gasteiger partial charge is 0.0928 e. The molecule has 0 amide bonds. The van der Waals surface area contributed by atoms with E-state index < -0.39 is 0 Å². The van der Waals surface area contributed by atoms with Crippen molar-refractivity contribution < 1.29 is 9.47 Å². The highest BCUT2D eigenvalue weighted by molar-refractivity contribution is 4.70. The fourth-order valence-corrected chi connectivity index (χ4v) is 2.06. The van der Waals surface area contributed by atoms with E-state index in [0.29, 0.717) is 6.61 Å². The number of ether oxygens (including phenoxy) is 2. The van der Waals surface area contributed by atoms with E-state index in [1.807, 2.05) is 0 Å². The van der Waals surface area contributed by atoms with Crippen molar-refractivity contribution in [3.8, 4) is 0 Å². The molecule has 0 bridgehead atoms. The zero-order valence-corrected chi connectivity index (χ0v) is 9.42. The number of hydrogen-bond donors (Lipinski definition) is 1. The fourth-order valence-electron chi connectivity index (χ4n) is 2.06. The first-order valence-electron chi connectivity index (χ1n) is 5.59. The molecule has 1 aliphatic carbocycles. The maximum Gasteiger partial charge on any atom is 0.0928 e. The van der Waals surface area contributed by atoms with E-state index in [1.165, 1.54) is 25.7 Å². The van der Waals surface area contributed by atoms with Crippen molar-refractivity contribution >= 4 is 0 Å². The van der Waals surface area contributed by atoms with Gasteiger partial charge in [0.2, 0.25) is 0 Å². The van der Waals surface area contributed by atoms with E-state index in [9.17, 15) is 0 Å². The third kappa shape index (κ3) is 4.40. The highest BCUT2D eigenvalue weighted by Gasteiger charge is 2.15. The van der Waals surface area contributed by atoms with Crippen molar-refractivity contribution in [2.45, 2.75) is 31.8 Å². The van der Waals surface area contributed by atoms with Gasteiger partial charge in [0.1, 0.15) is 0 Å². The molecule has 84 valence electrons. The number of hydrogen-bond acceptors (Lipinski definition) is 3. The number of methoxy groups -OCH3 is 2. The summed E-state index contributed by atoms with van der Waals surface area (Å²) in [6, 6.07) is 0. The molecule has 0 saturated heterocycles. The van der Waals surface area contributed by atoms with Crippen LogP contribution in [0.15, 0.2) is 0 Å². The van der Waals surface area contributed by atoms with Gasteiger partial charge >= 0.3 is 0 Å². The summed E-state index contributed by atoms with van der Waals surface area (Å²) in [7, 11) is 3.45. The topological polar surface area (TPSA) is 30.5 Å². The summed E-state index contributed by atoms with van der Waals surface area (Å²) in [6.45, 7) is 2.72. The highest BCUT2D eigenvalue weighted by atomic mass is 16.5. The van der Waals surface area contributed by atoms with Gasteiger partial charge in [-0.2, -0.15) is 0 Å². The third-order valence-corrected chi connectivity index (χ3v) is 2.97. The van der Waals surface area contributed by atoms with Gasteiger partial charge in [-0.15, -0.1) is 0 Å². The minimum Gasteiger partial charge on any atom is -0.382 e. The van der Waals surface area contributed by atoms with Crippen LogP contribution in [0, 0.1) is 5.92 Å². The summed E-state index contributed by atoms with van der Waals surface area (Å²) in [4.78, 5) is 0. The molecule has 1 N–H and O–H groups in total. The van der Waals surface area contributed by atoms with Gasteiger partial charge in [0.15, 0.2) is 0 Å². The van der Waals surface area contributed by atoms with Gasteiger partial charge in [-0.3, -0.25) is 0 Å². The number of rotatable bonds is 7. The second kappa shape index (κ2) is 7.21. The van der Waals surface area contributed by atoms with Crippen LogP contribution >= 0.6 is 0 Å². The predicted molar refractivity (Wildman–Crippen MR) is 57.5 cm³/mol. The van der Waals surface area contributed by atoms with E-state index in [0.717, 1.165) is 19.0 Å². The lowest BCUT2D eigenvalue weighted by Crippen LogP contribution is -2.34. The Morgan fingerprint density at radius 2 is 2.00 bits per heavy atom. The van der Waals surface area contributed by atoms with Crippen LogP contribution in [0.25, 0.3) is 0 Å². The maximum atomic E-state index is 5.27. The SMILES string of the molecule is COCC(CNCC1CCCC1)OC. The molecule has 0 radical (unpaired) electrons. The van der Waals surface area contributed by atoms with E-state index in [1.54, 1.807) is 14.2 Å². The minimum absolute atomic E-state index is 0.196. The molecule has 1 atom stereocenters. The van der Waals surface area contributed by atoms with E-state index >= 15 is 0 Å². The molecule has 0 spiro atoms. The summed E-state index contributed by atoms with van der Waals surface area (Å²) in [5.74, 6) is 0.898. The molecule has 1 saturated carbocycles. The van der Waals surface area contributed by atoms with Crippen LogP contribution in [0.2, 0.25) is 0 Å². The minimum atomic E-state index is 0.196. The van der Waals surface area contributed by atoms with Crippen LogP contribution in [0.3, 0.4) is 0 Å². The van der Waals surface area contributed by atoms with Gasteiger partial charge in [0.25, 0.3) is 0 Å². The average molecular weight is 201 g/mol. The Bertz CT molecular complexity index is 135. The summed E-state index contributed by atoms with van der Waals surface area (Å²) in [5.41, 5.74) is 0. The summed E-state index contributed by atoms with van der Waals surface area (Å²) >= 11 is 0. The van der Waals surface area contributed by atoms with Gasteiger partial charge in [-0.25, -0.2) is 0 Å². The summed E-state index contributed by atoms with van der Waals surface area (Å²) < 4.78 is 10.3. The van der Waals surface area contributed by atoms with Gasteiger partial charge < -0.3 is 14.8 Å². The molecular formula is C11H23NO2. The van der Waals surface area contributed by atoms with Crippen LogP contribution in [-0.4, -0.2) is 40.0 Å². The summed E-state index contributed by atoms with van der Waals surface area (Å²) in [6.07, 6.45) is 5.82. The van der Waals surface area contributed by atoms with Crippen molar-refractivity contribution in [3.63, 3.8) is 0 Å². The van der Waals surface area contributed by atoms with Crippen molar-refractivity contribution in [3.05, 3.63) is 0 Å². The molecule has 14 heavy (non-hydrogen) atoms. The summed E-state index contributed by atoms with van der Waals surface area (Å²) in [5, 5.41) is 3.46. The first kappa shape index (κ1) is 12.0. The molecule has 3 nitrogen and oxygen atoms in total. The first-order valence-corrected chi connectivity index (χ1v) is 5.59. The van der Waals surface area contributed by atoms with Crippen LogP contribution in [0.1, 0.15) is 25.7 Å². The number of nitrogens with one attached hydrogen (secondary N) is 1. The Kier molecular flexibility index (Phi) is 6.15. The molecule has 1 unspecified atom stereocenters. The second-order valence-corrected chi connectivity index (χ2v) is 4.12. The monoisotopic (exact) mass is 201 g/mol. The normalized spacial score (nSPS) is 20.1. The van der Waals surface area contributed by atoms with Crippen LogP contribution in [0.4, 0.5) is 0 Å². The maximum absolute atomic E-state index is 5.27. The van der Waals surface area contributed by atoms with Crippen molar-refractivity contribution in [2.75, 3.05) is 33.9 Å². The highest BCUT2D eigenvalue weighted by Crippen LogP contribution is 2.23. The Labute approximate surface area is 87.2 Å². The molecule has 3 heteroatoms. The molecular weight excluding hydrogens is 178 g/mol. The van der Waals surface area contributed by atoms with Gasteiger partial charge in [0, 0.05) is 20.8 Å². The predicted octanol–water partition coefficient (Wildman–Crippen LogP) is 1.43. The van der Waals surface area contributed by atoms with Crippen molar-refractivity contribution in [1.29, 1.82) is 0 Å². The Morgan fingerprint density at radius 3 is 2.57 bits per heavy atom. The van der Waals surface area contributed by atoms with Crippen molar-refractivity contribution in [2.24, 2.45) is 5.92 Å². The lowest BCUT2D eigenvalue weighted by molar-refractivity contribution is 0.0285. The van der Waals surface area contributed by atoms with Crippen molar-refractivity contribution in [1.82, 2.24) is 5.32 Å². The van der Waals surface area contributed by atoms with Gasteiger partial charge in [-0.1, -0.05) is 12.8 Å². The Balaban J connectivity index is 2.00. The standard InChI is InChI=1S/C11H23NO2/c1-13-9-11(14-2)8-12-7-10-5-3-4-6-10/h10-12H,3-9H2,1-2H3. The Hall–Kier alpha value is -0.120. The molecule has 0 heterocycles. The third-order valence-electron chi connectivity index (χ3n) is 2.97. The van der Waals surface area contributed by atoms with E-state index in [-0.39, 0.29) is 6.10 Å². The quantitative estimate of drug-likeness (QED) is 0.676. The van der Waals surface area contributed by atoms with Gasteiger partial charge in [-0.05, 0) is 25.3 Å². The molecule has 1 rings (SSSR count). The van der Waals surface area contributed by atoms with Crippen LogP contribution in [-0.2, 0) is 9.47 Å². The first-order chi connectivity index (χ1) is 6.86. The van der Waals surface area contributed by atoms with Crippen LogP contribution < -0.4 is 5.32 Å². The second-order valence-electron chi connectivity index (χ2n) is 4.12. The zero-order valence-electron chi connectivity index (χ0n) is 9.42. The molecule has 0 aromatic rings. The Morgan fingerprint density at radius 1 is 1.29 bits per heavy atom. The molecule has 1 fully saturated rings. The molecule has 0 aromatic carbocycles. The van der Waals surface area contributed by atoms with Gasteiger partial charge in [0.05, 0.1) is 12.7 Å². The molecule has 0 aliphatic heterocycles. The van der Waals surface area contributed by atoms with E-state index in [2.05, 4.69) is 5.32 Å². The molecule has 1 aliphatic rings. The largest absolute Gasteiger partial charge is 0.382 e. The zero-order chi connectivity index (χ0) is 10.2. The van der Waals surface area contributed by atoms with Crippen LogP contribution in [0.5, 0.6) is 0 Å². The lowest BCUT2D eigenvalue weighted by atomic mass is 10.1. The fraction of sp³-hybridized carbons (Fsp3) is 1.00.